The van der Waals surface area contributed by atoms with Gasteiger partial charge in [0.2, 0.25) is 0 Å². The molecule has 1 aliphatic rings. The second-order valence-electron chi connectivity index (χ2n) is 3.65. The number of aliphatic carboxylic acids is 1. The molecule has 0 saturated carbocycles. The average Bonchev–Trinajstić information content (AvgIpc) is 2.07. The summed E-state index contributed by atoms with van der Waals surface area (Å²) in [6.45, 7) is 3.54. The summed E-state index contributed by atoms with van der Waals surface area (Å²) in [5.74, 6) is -0.542. The molecule has 1 heterocycles. The summed E-state index contributed by atoms with van der Waals surface area (Å²) >= 11 is 0. The van der Waals surface area contributed by atoms with Crippen LogP contribution < -0.4 is 0 Å². The Bertz CT molecular complexity index is 184. The zero-order chi connectivity index (χ0) is 9.84. The summed E-state index contributed by atoms with van der Waals surface area (Å²) in [5.41, 5.74) is 0. The minimum Gasteiger partial charge on any atom is -0.480 e. The number of carboxylic acids is 1. The molecule has 0 aromatic carbocycles. The van der Waals surface area contributed by atoms with Gasteiger partial charge in [-0.3, -0.25) is 9.69 Å². The van der Waals surface area contributed by atoms with Gasteiger partial charge in [0.1, 0.15) is 0 Å². The first-order valence-electron chi connectivity index (χ1n) is 4.75. The fourth-order valence-corrected chi connectivity index (χ4v) is 1.83. The molecule has 1 aliphatic heterocycles. The Kier molecular flexibility index (Phi) is 3.69. The van der Waals surface area contributed by atoms with E-state index < -0.39 is 5.97 Å². The van der Waals surface area contributed by atoms with Crippen LogP contribution in [0.1, 0.15) is 19.8 Å². The Balaban J connectivity index is 2.40. The molecule has 0 spiro atoms. The Morgan fingerprint density at radius 2 is 2.31 bits per heavy atom. The quantitative estimate of drug-likeness (QED) is 0.661. The van der Waals surface area contributed by atoms with Crippen molar-refractivity contribution in [3.8, 4) is 0 Å². The van der Waals surface area contributed by atoms with E-state index in [4.69, 9.17) is 5.11 Å². The van der Waals surface area contributed by atoms with Crippen LogP contribution in [0.4, 0.5) is 0 Å². The van der Waals surface area contributed by atoms with E-state index in [0.717, 1.165) is 6.42 Å². The largest absolute Gasteiger partial charge is 0.480 e. The first kappa shape index (κ1) is 10.5. The molecule has 1 fully saturated rings. The molecule has 0 amide bonds. The van der Waals surface area contributed by atoms with E-state index in [1.807, 2.05) is 11.8 Å². The highest BCUT2D eigenvalue weighted by molar-refractivity contribution is 5.69. The molecule has 1 saturated heterocycles. The van der Waals surface area contributed by atoms with Gasteiger partial charge in [-0.15, -0.1) is 0 Å². The maximum absolute atomic E-state index is 10.4. The SMILES string of the molecule is CC[C@H]1CN(CC(=O)O)CC[C@@H]1O. The number of nitrogens with zero attached hydrogens (tertiary/aromatic N) is 1. The minimum absolute atomic E-state index is 0.100. The third kappa shape index (κ3) is 2.97. The number of aliphatic hydroxyl groups excluding tert-OH is 1. The van der Waals surface area contributed by atoms with Crippen molar-refractivity contribution in [3.63, 3.8) is 0 Å². The van der Waals surface area contributed by atoms with E-state index >= 15 is 0 Å². The normalized spacial score (nSPS) is 30.3. The topological polar surface area (TPSA) is 60.8 Å². The van der Waals surface area contributed by atoms with Crippen molar-refractivity contribution in [2.24, 2.45) is 5.92 Å². The number of rotatable bonds is 3. The number of hydrogen-bond donors (Lipinski definition) is 2. The summed E-state index contributed by atoms with van der Waals surface area (Å²) in [6.07, 6.45) is 1.37. The number of likely N-dealkylation sites (tertiary alicyclic amines) is 1. The van der Waals surface area contributed by atoms with Crippen LogP contribution in [0.25, 0.3) is 0 Å². The van der Waals surface area contributed by atoms with Crippen molar-refractivity contribution < 1.29 is 15.0 Å². The zero-order valence-electron chi connectivity index (χ0n) is 7.94. The molecule has 4 heteroatoms. The number of piperidine rings is 1. The molecule has 0 aliphatic carbocycles. The fraction of sp³-hybridized carbons (Fsp3) is 0.889. The molecule has 13 heavy (non-hydrogen) atoms. The maximum Gasteiger partial charge on any atom is 0.317 e. The third-order valence-electron chi connectivity index (χ3n) is 2.66. The van der Waals surface area contributed by atoms with Gasteiger partial charge in [-0.2, -0.15) is 0 Å². The highest BCUT2D eigenvalue weighted by Gasteiger charge is 2.26. The van der Waals surface area contributed by atoms with Crippen LogP contribution in [-0.4, -0.2) is 46.8 Å². The van der Waals surface area contributed by atoms with Gasteiger partial charge in [0, 0.05) is 13.1 Å². The standard InChI is InChI=1S/C9H17NO3/c1-2-7-5-10(6-9(12)13)4-3-8(7)11/h7-8,11H,2-6H2,1H3,(H,12,13)/t7-,8-/m0/s1. The lowest BCUT2D eigenvalue weighted by atomic mass is 9.92. The monoisotopic (exact) mass is 187 g/mol. The molecule has 0 unspecified atom stereocenters. The first-order valence-corrected chi connectivity index (χ1v) is 4.75. The van der Waals surface area contributed by atoms with Crippen molar-refractivity contribution in [1.29, 1.82) is 0 Å². The van der Waals surface area contributed by atoms with E-state index in [9.17, 15) is 9.90 Å². The minimum atomic E-state index is -0.786. The van der Waals surface area contributed by atoms with Crippen molar-refractivity contribution in [3.05, 3.63) is 0 Å². The van der Waals surface area contributed by atoms with Crippen molar-refractivity contribution in [2.45, 2.75) is 25.9 Å². The predicted molar refractivity (Wildman–Crippen MR) is 48.5 cm³/mol. The Morgan fingerprint density at radius 3 is 2.85 bits per heavy atom. The lowest BCUT2D eigenvalue weighted by Crippen LogP contribution is -2.44. The Hall–Kier alpha value is -0.610. The Morgan fingerprint density at radius 1 is 1.62 bits per heavy atom. The summed E-state index contributed by atoms with van der Waals surface area (Å²) < 4.78 is 0. The Labute approximate surface area is 78.2 Å². The number of carboxylic acid groups (broad SMARTS) is 1. The maximum atomic E-state index is 10.4. The average molecular weight is 187 g/mol. The number of carbonyl (C=O) groups is 1. The molecular formula is C9H17NO3. The molecule has 2 N–H and O–H groups in total. The fourth-order valence-electron chi connectivity index (χ4n) is 1.83. The van der Waals surface area contributed by atoms with E-state index in [2.05, 4.69) is 0 Å². The number of aliphatic hydroxyl groups is 1. The van der Waals surface area contributed by atoms with Crippen molar-refractivity contribution >= 4 is 5.97 Å². The number of hydrogen-bond acceptors (Lipinski definition) is 3. The molecule has 0 radical (unpaired) electrons. The van der Waals surface area contributed by atoms with Crippen LogP contribution in [0.3, 0.4) is 0 Å². The smallest absolute Gasteiger partial charge is 0.317 e. The summed E-state index contributed by atoms with van der Waals surface area (Å²) in [4.78, 5) is 12.3. The second kappa shape index (κ2) is 4.58. The molecule has 1 rings (SSSR count). The van der Waals surface area contributed by atoms with Crippen LogP contribution >= 0.6 is 0 Å². The van der Waals surface area contributed by atoms with Gasteiger partial charge >= 0.3 is 5.97 Å². The molecule has 0 bridgehead atoms. The van der Waals surface area contributed by atoms with Gasteiger partial charge in [0.05, 0.1) is 12.6 Å². The first-order chi connectivity index (χ1) is 6.13. The van der Waals surface area contributed by atoms with Crippen molar-refractivity contribution in [2.75, 3.05) is 19.6 Å². The summed E-state index contributed by atoms with van der Waals surface area (Å²) in [5, 5.41) is 18.1. The molecule has 0 aromatic heterocycles. The predicted octanol–water partition coefficient (Wildman–Crippen LogP) is 0.164. The highest BCUT2D eigenvalue weighted by atomic mass is 16.4. The van der Waals surface area contributed by atoms with Gasteiger partial charge in [-0.05, 0) is 18.8 Å². The van der Waals surface area contributed by atoms with Gasteiger partial charge in [-0.25, -0.2) is 0 Å². The van der Waals surface area contributed by atoms with Crippen LogP contribution in [0.2, 0.25) is 0 Å². The van der Waals surface area contributed by atoms with E-state index in [0.29, 0.717) is 19.5 Å². The van der Waals surface area contributed by atoms with Crippen LogP contribution in [0.5, 0.6) is 0 Å². The van der Waals surface area contributed by atoms with E-state index in [-0.39, 0.29) is 18.6 Å². The van der Waals surface area contributed by atoms with Gasteiger partial charge in [0.25, 0.3) is 0 Å². The summed E-state index contributed by atoms with van der Waals surface area (Å²) in [6, 6.07) is 0. The second-order valence-corrected chi connectivity index (χ2v) is 3.65. The highest BCUT2D eigenvalue weighted by Crippen LogP contribution is 2.19. The molecular weight excluding hydrogens is 170 g/mol. The molecule has 4 nitrogen and oxygen atoms in total. The van der Waals surface area contributed by atoms with Gasteiger partial charge < -0.3 is 10.2 Å². The molecule has 2 atom stereocenters. The van der Waals surface area contributed by atoms with Gasteiger partial charge in [0.15, 0.2) is 0 Å². The van der Waals surface area contributed by atoms with Crippen LogP contribution in [-0.2, 0) is 4.79 Å². The molecule has 76 valence electrons. The van der Waals surface area contributed by atoms with Crippen LogP contribution in [0, 0.1) is 5.92 Å². The van der Waals surface area contributed by atoms with E-state index in [1.165, 1.54) is 0 Å². The molecule has 0 aromatic rings. The lowest BCUT2D eigenvalue weighted by molar-refractivity contribution is -0.139. The zero-order valence-corrected chi connectivity index (χ0v) is 7.94. The van der Waals surface area contributed by atoms with Crippen molar-refractivity contribution in [1.82, 2.24) is 4.90 Å². The van der Waals surface area contributed by atoms with Crippen LogP contribution in [0.15, 0.2) is 0 Å². The van der Waals surface area contributed by atoms with Gasteiger partial charge in [-0.1, -0.05) is 6.92 Å². The third-order valence-corrected chi connectivity index (χ3v) is 2.66. The lowest BCUT2D eigenvalue weighted by Gasteiger charge is -2.34. The summed E-state index contributed by atoms with van der Waals surface area (Å²) in [7, 11) is 0. The van der Waals surface area contributed by atoms with E-state index in [1.54, 1.807) is 0 Å².